The predicted molar refractivity (Wildman–Crippen MR) is 91.2 cm³/mol. The maximum Gasteiger partial charge on any atom is 0.221 e. The monoisotopic (exact) mass is 377 g/mol. The number of aromatic nitrogens is 4. The van der Waals surface area contributed by atoms with E-state index in [9.17, 15) is 4.79 Å². The van der Waals surface area contributed by atoms with Crippen molar-refractivity contribution in [1.82, 2.24) is 24.9 Å². The van der Waals surface area contributed by atoms with Crippen LogP contribution in [0.1, 0.15) is 24.2 Å². The van der Waals surface area contributed by atoms with Crippen LogP contribution in [0.4, 0.5) is 0 Å². The predicted octanol–water partition coefficient (Wildman–Crippen LogP) is 3.25. The van der Waals surface area contributed by atoms with Crippen LogP contribution in [-0.4, -0.2) is 32.0 Å². The Labute approximate surface area is 149 Å². The topological polar surface area (TPSA) is 64.7 Å². The van der Waals surface area contributed by atoms with E-state index in [0.29, 0.717) is 46.9 Å². The van der Waals surface area contributed by atoms with Gasteiger partial charge in [-0.3, -0.25) is 14.2 Å². The lowest BCUT2D eigenvalue weighted by atomic mass is 10.3. The maximum atomic E-state index is 11.8. The molecule has 0 aliphatic carbocycles. The van der Waals surface area contributed by atoms with Crippen molar-refractivity contribution in [3.63, 3.8) is 0 Å². The van der Waals surface area contributed by atoms with Gasteiger partial charge < -0.3 is 5.32 Å². The molecule has 0 aromatic carbocycles. The molecule has 126 valence electrons. The number of halogens is 3. The Balaban J connectivity index is 1.67. The third-order valence-corrected chi connectivity index (χ3v) is 4.62. The van der Waals surface area contributed by atoms with Crippen molar-refractivity contribution in [2.75, 3.05) is 6.54 Å². The Morgan fingerprint density at radius 1 is 1.17 bits per heavy atom. The first kappa shape index (κ1) is 18.1. The number of hydrogen-bond acceptors (Lipinski definition) is 3. The molecule has 1 N–H and O–H groups in total. The van der Waals surface area contributed by atoms with E-state index in [1.165, 1.54) is 0 Å². The highest BCUT2D eigenvalue weighted by Gasteiger charge is 2.10. The fraction of sp³-hybridized carbons (Fsp3) is 0.500. The van der Waals surface area contributed by atoms with E-state index in [1.54, 1.807) is 22.5 Å². The molecule has 0 bridgehead atoms. The molecule has 0 aliphatic heterocycles. The van der Waals surface area contributed by atoms with Crippen LogP contribution >= 0.6 is 34.8 Å². The summed E-state index contributed by atoms with van der Waals surface area (Å²) in [5.41, 5.74) is 1.46. The Hall–Kier alpha value is -1.24. The number of carbonyl (C=O) groups excluding carboxylic acids is 1. The van der Waals surface area contributed by atoms with Crippen LogP contribution in [0.2, 0.25) is 15.2 Å². The first-order chi connectivity index (χ1) is 10.9. The van der Waals surface area contributed by atoms with Crippen molar-refractivity contribution in [3.05, 3.63) is 32.8 Å². The molecule has 0 saturated heterocycles. The minimum atomic E-state index is -0.0324. The first-order valence-electron chi connectivity index (χ1n) is 7.23. The second kappa shape index (κ2) is 8.04. The molecule has 0 radical (unpaired) electrons. The highest BCUT2D eigenvalue weighted by atomic mass is 35.5. The molecule has 0 saturated carbocycles. The average molecular weight is 379 g/mol. The van der Waals surface area contributed by atoms with Crippen molar-refractivity contribution < 1.29 is 4.79 Å². The van der Waals surface area contributed by atoms with E-state index >= 15 is 0 Å². The first-order valence-corrected chi connectivity index (χ1v) is 8.36. The van der Waals surface area contributed by atoms with Gasteiger partial charge in [0.1, 0.15) is 10.2 Å². The van der Waals surface area contributed by atoms with Crippen molar-refractivity contribution in [3.8, 4) is 0 Å². The smallest absolute Gasteiger partial charge is 0.221 e. The second-order valence-electron chi connectivity index (χ2n) is 5.19. The third-order valence-electron chi connectivity index (χ3n) is 3.32. The van der Waals surface area contributed by atoms with E-state index in [2.05, 4.69) is 15.5 Å². The number of aryl methyl sites for hydroxylation is 4. The average Bonchev–Trinajstić information content (AvgIpc) is 2.96. The lowest BCUT2D eigenvalue weighted by Gasteiger charge is -2.06. The molecular weight excluding hydrogens is 361 g/mol. The summed E-state index contributed by atoms with van der Waals surface area (Å²) in [6.45, 7) is 5.27. The number of nitrogens with zero attached hydrogens (tertiary/aromatic N) is 4. The molecule has 0 aliphatic rings. The van der Waals surface area contributed by atoms with Crippen LogP contribution in [0.25, 0.3) is 0 Å². The van der Waals surface area contributed by atoms with Gasteiger partial charge in [0.15, 0.2) is 0 Å². The summed E-state index contributed by atoms with van der Waals surface area (Å²) in [7, 11) is 0. The highest BCUT2D eigenvalue weighted by Crippen LogP contribution is 2.24. The third kappa shape index (κ3) is 4.86. The van der Waals surface area contributed by atoms with Crippen molar-refractivity contribution >= 4 is 40.7 Å². The Morgan fingerprint density at radius 2 is 1.91 bits per heavy atom. The fourth-order valence-electron chi connectivity index (χ4n) is 2.05. The largest absolute Gasteiger partial charge is 0.356 e. The van der Waals surface area contributed by atoms with E-state index in [-0.39, 0.29) is 5.91 Å². The lowest BCUT2D eigenvalue weighted by molar-refractivity contribution is -0.121. The lowest BCUT2D eigenvalue weighted by Crippen LogP contribution is -2.26. The quantitative estimate of drug-likeness (QED) is 0.752. The summed E-state index contributed by atoms with van der Waals surface area (Å²) in [4.78, 5) is 11.8. The van der Waals surface area contributed by atoms with Gasteiger partial charge in [0.05, 0.1) is 16.4 Å². The SMILES string of the molecule is Cc1nn(CCC(=O)NCCCn2nc(C)c(Cl)c2Cl)cc1Cl. The summed E-state index contributed by atoms with van der Waals surface area (Å²) in [5.74, 6) is -0.0324. The molecule has 1 amide bonds. The number of nitrogens with one attached hydrogen (secondary N) is 1. The molecule has 2 aromatic rings. The van der Waals surface area contributed by atoms with Gasteiger partial charge in [-0.05, 0) is 20.3 Å². The van der Waals surface area contributed by atoms with Crippen molar-refractivity contribution in [1.29, 1.82) is 0 Å². The van der Waals surface area contributed by atoms with Gasteiger partial charge in [0, 0.05) is 32.3 Å². The van der Waals surface area contributed by atoms with Gasteiger partial charge in [-0.25, -0.2) is 0 Å². The van der Waals surface area contributed by atoms with Crippen molar-refractivity contribution in [2.45, 2.75) is 39.8 Å². The van der Waals surface area contributed by atoms with Crippen LogP contribution in [0, 0.1) is 13.8 Å². The standard InChI is InChI=1S/C14H18Cl3N5O/c1-9-11(15)8-21(19-9)7-4-12(23)18-5-3-6-22-14(17)13(16)10(2)20-22/h8H,3-7H2,1-2H3,(H,18,23). The van der Waals surface area contributed by atoms with Gasteiger partial charge in [-0.1, -0.05) is 34.8 Å². The molecule has 2 rings (SSSR count). The number of amides is 1. The minimum absolute atomic E-state index is 0.0324. The molecule has 0 spiro atoms. The van der Waals surface area contributed by atoms with Crippen LogP contribution < -0.4 is 5.32 Å². The Kier molecular flexibility index (Phi) is 6.33. The molecule has 0 atom stereocenters. The van der Waals surface area contributed by atoms with Crippen LogP contribution in [0.5, 0.6) is 0 Å². The number of hydrogen-bond donors (Lipinski definition) is 1. The van der Waals surface area contributed by atoms with Gasteiger partial charge in [0.2, 0.25) is 5.91 Å². The van der Waals surface area contributed by atoms with Gasteiger partial charge in [-0.2, -0.15) is 10.2 Å². The van der Waals surface area contributed by atoms with Crippen LogP contribution in [-0.2, 0) is 17.9 Å². The van der Waals surface area contributed by atoms with Crippen molar-refractivity contribution in [2.24, 2.45) is 0 Å². The Morgan fingerprint density at radius 3 is 2.48 bits per heavy atom. The molecule has 0 fully saturated rings. The zero-order chi connectivity index (χ0) is 17.0. The summed E-state index contributed by atoms with van der Waals surface area (Å²) < 4.78 is 3.31. The molecule has 2 heterocycles. The normalized spacial score (nSPS) is 11.0. The van der Waals surface area contributed by atoms with E-state index in [4.69, 9.17) is 34.8 Å². The van der Waals surface area contributed by atoms with E-state index in [0.717, 1.165) is 12.1 Å². The summed E-state index contributed by atoms with van der Waals surface area (Å²) in [6.07, 6.45) is 2.79. The molecule has 9 heteroatoms. The number of carbonyl (C=O) groups is 1. The van der Waals surface area contributed by atoms with Gasteiger partial charge in [0.25, 0.3) is 0 Å². The zero-order valence-electron chi connectivity index (χ0n) is 12.9. The van der Waals surface area contributed by atoms with Gasteiger partial charge in [-0.15, -0.1) is 0 Å². The molecule has 0 unspecified atom stereocenters. The second-order valence-corrected chi connectivity index (χ2v) is 6.34. The Bertz CT molecular complexity index is 675. The molecular formula is C14H18Cl3N5O. The van der Waals surface area contributed by atoms with E-state index in [1.807, 2.05) is 6.92 Å². The molecule has 2 aromatic heterocycles. The highest BCUT2D eigenvalue weighted by molar-refractivity contribution is 6.41. The summed E-state index contributed by atoms with van der Waals surface area (Å²) in [5, 5.41) is 12.8. The van der Waals surface area contributed by atoms with Gasteiger partial charge >= 0.3 is 0 Å². The van der Waals surface area contributed by atoms with Crippen LogP contribution in [0.3, 0.4) is 0 Å². The minimum Gasteiger partial charge on any atom is -0.356 e. The summed E-state index contributed by atoms with van der Waals surface area (Å²) >= 11 is 17.9. The molecule has 23 heavy (non-hydrogen) atoms. The number of rotatable bonds is 7. The zero-order valence-corrected chi connectivity index (χ0v) is 15.2. The summed E-state index contributed by atoms with van der Waals surface area (Å²) in [6, 6.07) is 0. The maximum absolute atomic E-state index is 11.8. The van der Waals surface area contributed by atoms with Crippen LogP contribution in [0.15, 0.2) is 6.20 Å². The van der Waals surface area contributed by atoms with E-state index < -0.39 is 0 Å². The fourth-order valence-corrected chi connectivity index (χ4v) is 2.59. The molecule has 6 nitrogen and oxygen atoms in total.